The Morgan fingerprint density at radius 2 is 1.90 bits per heavy atom. The molecular weight excluding hydrogens is 148 g/mol. The molecule has 0 saturated heterocycles. The van der Waals surface area contributed by atoms with Crippen LogP contribution in [0.3, 0.4) is 0 Å². The zero-order chi connectivity index (χ0) is 7.82. The molecule has 0 heterocycles. The van der Waals surface area contributed by atoms with E-state index in [1.807, 2.05) is 13.8 Å². The van der Waals surface area contributed by atoms with E-state index in [1.165, 1.54) is 0 Å². The monoisotopic (exact) mass is 164 g/mol. The van der Waals surface area contributed by atoms with E-state index < -0.39 is 0 Å². The predicted octanol–water partition coefficient (Wildman–Crippen LogP) is 1.36. The molecule has 0 saturated carbocycles. The van der Waals surface area contributed by atoms with Gasteiger partial charge in [0.2, 0.25) is 0 Å². The van der Waals surface area contributed by atoms with Crippen LogP contribution in [0.5, 0.6) is 0 Å². The van der Waals surface area contributed by atoms with Gasteiger partial charge in [0.05, 0.1) is 25.9 Å². The van der Waals surface area contributed by atoms with Crippen LogP contribution in [0.15, 0.2) is 0 Å². The lowest BCUT2D eigenvalue weighted by molar-refractivity contribution is 0.0238. The highest BCUT2D eigenvalue weighted by atomic mass is 32.1. The maximum Gasteiger partial charge on any atom is 0.0703 e. The number of hydrogen-bond donors (Lipinski definition) is 1. The molecule has 0 atom stereocenters. The number of thiol groups is 1. The predicted molar refractivity (Wildman–Crippen MR) is 45.8 cm³/mol. The van der Waals surface area contributed by atoms with E-state index in [2.05, 4.69) is 12.6 Å². The molecule has 10 heavy (non-hydrogen) atoms. The Morgan fingerprint density at radius 1 is 1.20 bits per heavy atom. The maximum absolute atomic E-state index is 5.24. The second-order valence-corrected chi connectivity index (χ2v) is 2.70. The van der Waals surface area contributed by atoms with Crippen LogP contribution in [0.1, 0.15) is 13.8 Å². The Labute approximate surface area is 68.3 Å². The van der Waals surface area contributed by atoms with E-state index in [-0.39, 0.29) is 0 Å². The molecule has 0 aliphatic heterocycles. The van der Waals surface area contributed by atoms with Gasteiger partial charge in [0.15, 0.2) is 0 Å². The topological polar surface area (TPSA) is 18.5 Å². The summed E-state index contributed by atoms with van der Waals surface area (Å²) >= 11 is 4.00. The largest absolute Gasteiger partial charge is 0.378 e. The van der Waals surface area contributed by atoms with Gasteiger partial charge in [-0.3, -0.25) is 0 Å². The van der Waals surface area contributed by atoms with Crippen LogP contribution in [0, 0.1) is 0 Å². The maximum atomic E-state index is 5.24. The molecule has 0 bridgehead atoms. The summed E-state index contributed by atoms with van der Waals surface area (Å²) in [5.41, 5.74) is 0. The summed E-state index contributed by atoms with van der Waals surface area (Å²) in [5, 5.41) is 0. The summed E-state index contributed by atoms with van der Waals surface area (Å²) in [6.07, 6.45) is 0.305. The first kappa shape index (κ1) is 10.3. The highest BCUT2D eigenvalue weighted by molar-refractivity contribution is 7.80. The van der Waals surface area contributed by atoms with Gasteiger partial charge in [0.1, 0.15) is 0 Å². The van der Waals surface area contributed by atoms with E-state index in [0.717, 1.165) is 5.75 Å². The van der Waals surface area contributed by atoms with E-state index >= 15 is 0 Å². The highest BCUT2D eigenvalue weighted by Crippen LogP contribution is 1.87. The molecule has 0 aliphatic carbocycles. The van der Waals surface area contributed by atoms with Gasteiger partial charge in [-0.25, -0.2) is 0 Å². The van der Waals surface area contributed by atoms with Crippen molar-refractivity contribution < 1.29 is 9.47 Å². The van der Waals surface area contributed by atoms with E-state index in [9.17, 15) is 0 Å². The first-order valence-corrected chi connectivity index (χ1v) is 4.21. The third kappa shape index (κ3) is 8.27. The zero-order valence-electron chi connectivity index (χ0n) is 6.67. The molecule has 0 rings (SSSR count). The van der Waals surface area contributed by atoms with Crippen molar-refractivity contribution in [3.05, 3.63) is 0 Å². The molecule has 0 radical (unpaired) electrons. The van der Waals surface area contributed by atoms with Crippen molar-refractivity contribution in [3.63, 3.8) is 0 Å². The van der Waals surface area contributed by atoms with Crippen molar-refractivity contribution in [1.82, 2.24) is 0 Å². The van der Waals surface area contributed by atoms with Gasteiger partial charge in [-0.1, -0.05) is 0 Å². The standard InChI is InChI=1S/C7H16O2S/c1-7(2)9-4-3-8-5-6-10/h7,10H,3-6H2,1-2H3. The summed E-state index contributed by atoms with van der Waals surface area (Å²) < 4.78 is 10.4. The Kier molecular flexibility index (Phi) is 7.58. The molecule has 2 nitrogen and oxygen atoms in total. The van der Waals surface area contributed by atoms with Crippen molar-refractivity contribution in [1.29, 1.82) is 0 Å². The lowest BCUT2D eigenvalue weighted by atomic mass is 10.5. The molecule has 0 amide bonds. The van der Waals surface area contributed by atoms with Gasteiger partial charge in [-0.05, 0) is 13.8 Å². The van der Waals surface area contributed by atoms with Crippen molar-refractivity contribution in [2.75, 3.05) is 25.6 Å². The second kappa shape index (κ2) is 7.38. The van der Waals surface area contributed by atoms with Crippen LogP contribution < -0.4 is 0 Å². The summed E-state index contributed by atoms with van der Waals surface area (Å²) in [6, 6.07) is 0. The second-order valence-electron chi connectivity index (χ2n) is 2.26. The molecule has 0 unspecified atom stereocenters. The van der Waals surface area contributed by atoms with Crippen LogP contribution in [-0.2, 0) is 9.47 Å². The Bertz CT molecular complexity index is 66.6. The van der Waals surface area contributed by atoms with Crippen molar-refractivity contribution in [2.24, 2.45) is 0 Å². The van der Waals surface area contributed by atoms with E-state index in [0.29, 0.717) is 25.9 Å². The summed E-state index contributed by atoms with van der Waals surface area (Å²) in [5.74, 6) is 0.779. The van der Waals surface area contributed by atoms with Crippen LogP contribution in [0.2, 0.25) is 0 Å². The fraction of sp³-hybridized carbons (Fsp3) is 1.00. The van der Waals surface area contributed by atoms with Gasteiger partial charge in [0, 0.05) is 5.75 Å². The molecule has 0 fully saturated rings. The minimum absolute atomic E-state index is 0.305. The van der Waals surface area contributed by atoms with Crippen molar-refractivity contribution in [3.8, 4) is 0 Å². The van der Waals surface area contributed by atoms with Crippen LogP contribution in [0.25, 0.3) is 0 Å². The number of hydrogen-bond acceptors (Lipinski definition) is 3. The zero-order valence-corrected chi connectivity index (χ0v) is 7.56. The van der Waals surface area contributed by atoms with Crippen LogP contribution in [0.4, 0.5) is 0 Å². The molecule has 62 valence electrons. The quantitative estimate of drug-likeness (QED) is 0.472. The van der Waals surface area contributed by atoms with Crippen molar-refractivity contribution in [2.45, 2.75) is 20.0 Å². The lowest BCUT2D eigenvalue weighted by Crippen LogP contribution is -2.10. The summed E-state index contributed by atoms with van der Waals surface area (Å²) in [6.45, 7) is 6.10. The highest BCUT2D eigenvalue weighted by Gasteiger charge is 1.91. The van der Waals surface area contributed by atoms with Gasteiger partial charge in [-0.2, -0.15) is 12.6 Å². The first-order chi connectivity index (χ1) is 4.77. The Balaban J connectivity index is 2.77. The molecule has 0 aromatic rings. The molecule has 0 N–H and O–H groups in total. The number of ether oxygens (including phenoxy) is 2. The third-order valence-electron chi connectivity index (χ3n) is 0.914. The van der Waals surface area contributed by atoms with E-state index in [4.69, 9.17) is 9.47 Å². The Hall–Kier alpha value is 0.270. The Morgan fingerprint density at radius 3 is 2.40 bits per heavy atom. The van der Waals surface area contributed by atoms with Crippen LogP contribution in [-0.4, -0.2) is 31.7 Å². The SMILES string of the molecule is CC(C)OCCOCCS. The normalized spacial score (nSPS) is 10.8. The van der Waals surface area contributed by atoms with Gasteiger partial charge >= 0.3 is 0 Å². The molecule has 0 aromatic carbocycles. The average molecular weight is 164 g/mol. The minimum atomic E-state index is 0.305. The van der Waals surface area contributed by atoms with Gasteiger partial charge in [-0.15, -0.1) is 0 Å². The van der Waals surface area contributed by atoms with Gasteiger partial charge < -0.3 is 9.47 Å². The first-order valence-electron chi connectivity index (χ1n) is 3.57. The third-order valence-corrected chi connectivity index (χ3v) is 1.10. The minimum Gasteiger partial charge on any atom is -0.378 e. The molecule has 0 spiro atoms. The summed E-state index contributed by atoms with van der Waals surface area (Å²) in [4.78, 5) is 0. The molecular formula is C7H16O2S. The fourth-order valence-corrected chi connectivity index (χ4v) is 0.638. The smallest absolute Gasteiger partial charge is 0.0703 e. The van der Waals surface area contributed by atoms with E-state index in [1.54, 1.807) is 0 Å². The van der Waals surface area contributed by atoms with Crippen LogP contribution >= 0.6 is 12.6 Å². The average Bonchev–Trinajstić information content (AvgIpc) is 1.87. The number of rotatable bonds is 6. The van der Waals surface area contributed by atoms with Gasteiger partial charge in [0.25, 0.3) is 0 Å². The molecule has 3 heteroatoms. The molecule has 0 aromatic heterocycles. The molecule has 0 aliphatic rings. The fourth-order valence-electron chi connectivity index (χ4n) is 0.509. The lowest BCUT2D eigenvalue weighted by Gasteiger charge is -2.06. The van der Waals surface area contributed by atoms with Crippen molar-refractivity contribution >= 4 is 12.6 Å². The summed E-state index contributed by atoms with van der Waals surface area (Å²) in [7, 11) is 0.